The maximum Gasteiger partial charge on any atom is 0.341 e. The molecule has 0 bridgehead atoms. The lowest BCUT2D eigenvalue weighted by Crippen LogP contribution is -2.15. The zero-order valence-electron chi connectivity index (χ0n) is 15.4. The third-order valence-corrected chi connectivity index (χ3v) is 5.08. The Balaban J connectivity index is 2.06. The number of amides is 1. The fourth-order valence-corrected chi connectivity index (χ4v) is 3.83. The van der Waals surface area contributed by atoms with Gasteiger partial charge in [0.2, 0.25) is 0 Å². The second-order valence-electron chi connectivity index (χ2n) is 6.02. The lowest BCUT2D eigenvalue weighted by Gasteiger charge is -2.09. The van der Waals surface area contributed by atoms with Crippen molar-refractivity contribution in [3.63, 3.8) is 0 Å². The van der Waals surface area contributed by atoms with Gasteiger partial charge in [-0.1, -0.05) is 29.8 Å². The summed E-state index contributed by atoms with van der Waals surface area (Å²) in [6, 6.07) is 11.3. The predicted octanol–water partition coefficient (Wildman–Crippen LogP) is 4.86. The van der Waals surface area contributed by atoms with E-state index in [9.17, 15) is 9.59 Å². The quantitative estimate of drug-likeness (QED) is 0.642. The molecule has 0 saturated heterocycles. The van der Waals surface area contributed by atoms with E-state index >= 15 is 0 Å². The molecule has 0 spiro atoms. The van der Waals surface area contributed by atoms with Crippen LogP contribution in [0.15, 0.2) is 48.8 Å². The van der Waals surface area contributed by atoms with Crippen LogP contribution in [0.2, 0.25) is 0 Å². The first-order valence-electron chi connectivity index (χ1n) is 8.60. The van der Waals surface area contributed by atoms with Crippen molar-refractivity contribution in [3.8, 4) is 11.1 Å². The van der Waals surface area contributed by atoms with Gasteiger partial charge in [-0.15, -0.1) is 11.3 Å². The summed E-state index contributed by atoms with van der Waals surface area (Å²) < 4.78 is 5.26. The van der Waals surface area contributed by atoms with Crippen LogP contribution in [0.3, 0.4) is 0 Å². The van der Waals surface area contributed by atoms with Gasteiger partial charge in [0, 0.05) is 22.8 Å². The minimum atomic E-state index is -0.445. The highest BCUT2D eigenvalue weighted by atomic mass is 32.1. The highest BCUT2D eigenvalue weighted by molar-refractivity contribution is 7.17. The van der Waals surface area contributed by atoms with Gasteiger partial charge in [-0.2, -0.15) is 0 Å². The van der Waals surface area contributed by atoms with E-state index in [1.165, 1.54) is 17.5 Å². The summed E-state index contributed by atoms with van der Waals surface area (Å²) in [6.45, 7) is 5.96. The summed E-state index contributed by atoms with van der Waals surface area (Å²) >= 11 is 1.36. The Morgan fingerprint density at radius 2 is 1.89 bits per heavy atom. The highest BCUT2D eigenvalue weighted by Crippen LogP contribution is 2.40. The molecule has 1 amide bonds. The summed E-state index contributed by atoms with van der Waals surface area (Å²) in [5.74, 6) is -0.760. The van der Waals surface area contributed by atoms with Crippen LogP contribution in [0.1, 0.15) is 38.1 Å². The molecule has 138 valence electrons. The Morgan fingerprint density at radius 3 is 2.52 bits per heavy atom. The zero-order valence-corrected chi connectivity index (χ0v) is 16.2. The second-order valence-corrected chi connectivity index (χ2v) is 7.24. The third kappa shape index (κ3) is 4.06. The van der Waals surface area contributed by atoms with E-state index in [0.717, 1.165) is 21.6 Å². The van der Waals surface area contributed by atoms with Crippen LogP contribution in [0.5, 0.6) is 0 Å². The monoisotopic (exact) mass is 380 g/mol. The van der Waals surface area contributed by atoms with Gasteiger partial charge in [0.1, 0.15) is 10.6 Å². The number of nitrogens with zero attached hydrogens (tertiary/aromatic N) is 1. The van der Waals surface area contributed by atoms with Crippen LogP contribution in [0.4, 0.5) is 5.00 Å². The number of rotatable bonds is 5. The molecule has 0 atom stereocenters. The molecular weight excluding hydrogens is 360 g/mol. The van der Waals surface area contributed by atoms with Gasteiger partial charge < -0.3 is 10.1 Å². The van der Waals surface area contributed by atoms with Crippen molar-refractivity contribution < 1.29 is 14.3 Å². The molecular formula is C21H20N2O3S. The number of esters is 1. The summed E-state index contributed by atoms with van der Waals surface area (Å²) in [4.78, 5) is 30.1. The van der Waals surface area contributed by atoms with E-state index in [2.05, 4.69) is 10.3 Å². The van der Waals surface area contributed by atoms with E-state index in [1.807, 2.05) is 38.1 Å². The number of carbonyl (C=O) groups excluding carboxylic acids is 2. The highest BCUT2D eigenvalue weighted by Gasteiger charge is 2.25. The molecule has 0 saturated carbocycles. The number of anilines is 1. The molecule has 5 nitrogen and oxygen atoms in total. The maximum atomic E-state index is 12.7. The first-order chi connectivity index (χ1) is 13.0. The number of hydrogen-bond acceptors (Lipinski definition) is 5. The van der Waals surface area contributed by atoms with E-state index in [0.29, 0.717) is 16.1 Å². The minimum absolute atomic E-state index is 0.261. The Hall–Kier alpha value is -2.99. The van der Waals surface area contributed by atoms with E-state index in [1.54, 1.807) is 25.3 Å². The first-order valence-corrected chi connectivity index (χ1v) is 9.41. The van der Waals surface area contributed by atoms with E-state index < -0.39 is 5.97 Å². The van der Waals surface area contributed by atoms with Crippen LogP contribution in [-0.4, -0.2) is 23.5 Å². The van der Waals surface area contributed by atoms with Crippen molar-refractivity contribution in [3.05, 3.63) is 70.4 Å². The number of benzene rings is 1. The number of hydrogen-bond donors (Lipinski definition) is 1. The van der Waals surface area contributed by atoms with Crippen molar-refractivity contribution in [2.24, 2.45) is 0 Å². The Bertz CT molecular complexity index is 963. The lowest BCUT2D eigenvalue weighted by atomic mass is 10.0. The Kier molecular flexibility index (Phi) is 5.66. The largest absolute Gasteiger partial charge is 0.462 e. The molecule has 0 unspecified atom stereocenters. The van der Waals surface area contributed by atoms with Gasteiger partial charge in [0.25, 0.3) is 5.91 Å². The topological polar surface area (TPSA) is 68.3 Å². The first kappa shape index (κ1) is 18.8. The fraction of sp³-hybridized carbons (Fsp3) is 0.190. The standard InChI is InChI=1S/C21H20N2O3S/c1-4-26-21(25)18-17(15-9-7-13(2)8-10-15)14(3)27-20(18)23-19(24)16-6-5-11-22-12-16/h5-12H,4H2,1-3H3,(H,23,24). The lowest BCUT2D eigenvalue weighted by molar-refractivity contribution is 0.0529. The Labute approximate surface area is 162 Å². The fourth-order valence-electron chi connectivity index (χ4n) is 2.77. The smallest absolute Gasteiger partial charge is 0.341 e. The molecule has 6 heteroatoms. The number of pyridine rings is 1. The van der Waals surface area contributed by atoms with E-state index in [-0.39, 0.29) is 12.5 Å². The Morgan fingerprint density at radius 1 is 1.15 bits per heavy atom. The van der Waals surface area contributed by atoms with E-state index in [4.69, 9.17) is 4.74 Å². The van der Waals surface area contributed by atoms with Gasteiger partial charge >= 0.3 is 5.97 Å². The number of aromatic nitrogens is 1. The van der Waals surface area contributed by atoms with Crippen molar-refractivity contribution in [1.82, 2.24) is 4.98 Å². The molecule has 1 aromatic carbocycles. The summed E-state index contributed by atoms with van der Waals surface area (Å²) in [5, 5.41) is 3.33. The number of thiophene rings is 1. The average Bonchev–Trinajstić information content (AvgIpc) is 2.99. The number of nitrogens with one attached hydrogen (secondary N) is 1. The molecule has 2 heterocycles. The normalized spacial score (nSPS) is 10.5. The summed E-state index contributed by atoms with van der Waals surface area (Å²) in [5.41, 5.74) is 3.66. The molecule has 0 aliphatic heterocycles. The minimum Gasteiger partial charge on any atom is -0.462 e. The summed E-state index contributed by atoms with van der Waals surface area (Å²) in [6.07, 6.45) is 3.09. The second kappa shape index (κ2) is 8.14. The SMILES string of the molecule is CCOC(=O)c1c(NC(=O)c2cccnc2)sc(C)c1-c1ccc(C)cc1. The molecule has 0 fully saturated rings. The average molecular weight is 380 g/mol. The number of aryl methyl sites for hydroxylation is 2. The van der Waals surface area contributed by atoms with Gasteiger partial charge in [0.15, 0.2) is 0 Å². The van der Waals surface area contributed by atoms with Crippen molar-refractivity contribution in [1.29, 1.82) is 0 Å². The van der Waals surface area contributed by atoms with Gasteiger partial charge in [0.05, 0.1) is 12.2 Å². The summed E-state index contributed by atoms with van der Waals surface area (Å²) in [7, 11) is 0. The predicted molar refractivity (Wildman–Crippen MR) is 107 cm³/mol. The zero-order chi connectivity index (χ0) is 19.4. The van der Waals surface area contributed by atoms with Gasteiger partial charge in [-0.05, 0) is 38.5 Å². The molecule has 27 heavy (non-hydrogen) atoms. The molecule has 0 aliphatic rings. The molecule has 0 radical (unpaired) electrons. The van der Waals surface area contributed by atoms with Crippen LogP contribution in [-0.2, 0) is 4.74 Å². The molecule has 3 rings (SSSR count). The molecule has 2 aromatic heterocycles. The number of ether oxygens (including phenoxy) is 1. The van der Waals surface area contributed by atoms with Crippen molar-refractivity contribution >= 4 is 28.2 Å². The van der Waals surface area contributed by atoms with Crippen LogP contribution in [0, 0.1) is 13.8 Å². The van der Waals surface area contributed by atoms with Crippen LogP contribution >= 0.6 is 11.3 Å². The van der Waals surface area contributed by atoms with Crippen LogP contribution < -0.4 is 5.32 Å². The number of carbonyl (C=O) groups is 2. The van der Waals surface area contributed by atoms with Crippen LogP contribution in [0.25, 0.3) is 11.1 Å². The van der Waals surface area contributed by atoms with Gasteiger partial charge in [-0.3, -0.25) is 9.78 Å². The molecule has 3 aromatic rings. The van der Waals surface area contributed by atoms with Crippen molar-refractivity contribution in [2.45, 2.75) is 20.8 Å². The maximum absolute atomic E-state index is 12.7. The third-order valence-electron chi connectivity index (χ3n) is 4.05. The van der Waals surface area contributed by atoms with Crippen molar-refractivity contribution in [2.75, 3.05) is 11.9 Å². The molecule has 0 aliphatic carbocycles. The molecule has 1 N–H and O–H groups in total. The van der Waals surface area contributed by atoms with Gasteiger partial charge in [-0.25, -0.2) is 4.79 Å².